The number of hydrogen-bond donors (Lipinski definition) is 1. The molecule has 0 spiro atoms. The van der Waals surface area contributed by atoms with Gasteiger partial charge in [-0.2, -0.15) is 0 Å². The second-order valence-corrected chi connectivity index (χ2v) is 12.0. The molecule has 1 aromatic carbocycles. The van der Waals surface area contributed by atoms with Crippen molar-refractivity contribution in [3.05, 3.63) is 35.9 Å². The maximum atomic E-state index is 13.2. The van der Waals surface area contributed by atoms with Crippen molar-refractivity contribution in [3.63, 3.8) is 0 Å². The Bertz CT molecular complexity index is 821. The fourth-order valence-electron chi connectivity index (χ4n) is 6.25. The fraction of sp³-hybridized carbons (Fsp3) is 0.724. The van der Waals surface area contributed by atoms with Gasteiger partial charge in [-0.15, -0.1) is 0 Å². The maximum Gasteiger partial charge on any atom is 0.239 e. The van der Waals surface area contributed by atoms with Gasteiger partial charge in [0.2, 0.25) is 11.8 Å². The monoisotopic (exact) mass is 469 g/mol. The number of carbonyl (C=O) groups is 2. The first-order valence-electron chi connectivity index (χ1n) is 13.3. The van der Waals surface area contributed by atoms with Crippen LogP contribution in [0.25, 0.3) is 0 Å². The predicted molar refractivity (Wildman–Crippen MR) is 139 cm³/mol. The van der Waals surface area contributed by atoms with E-state index in [4.69, 9.17) is 0 Å². The van der Waals surface area contributed by atoms with E-state index in [0.29, 0.717) is 12.0 Å². The minimum absolute atomic E-state index is 0.0266. The number of rotatable bonds is 10. The number of nitrogens with zero attached hydrogens (tertiary/aromatic N) is 2. The summed E-state index contributed by atoms with van der Waals surface area (Å²) in [6.07, 6.45) is 10.6. The molecule has 1 N–H and O–H groups in total. The number of hydrogen-bond acceptors (Lipinski definition) is 3. The second kappa shape index (κ2) is 10.8. The maximum absolute atomic E-state index is 13.2. The zero-order chi connectivity index (χ0) is 25.0. The Labute approximate surface area is 207 Å². The van der Waals surface area contributed by atoms with E-state index in [2.05, 4.69) is 61.6 Å². The van der Waals surface area contributed by atoms with E-state index in [-0.39, 0.29) is 35.2 Å². The van der Waals surface area contributed by atoms with Crippen LogP contribution in [0.5, 0.6) is 0 Å². The Hall–Kier alpha value is -1.88. The predicted octanol–water partition coefficient (Wildman–Crippen LogP) is 5.20. The van der Waals surface area contributed by atoms with Crippen molar-refractivity contribution in [1.82, 2.24) is 15.1 Å². The van der Waals surface area contributed by atoms with Crippen LogP contribution >= 0.6 is 0 Å². The molecule has 3 rings (SSSR count). The largest absolute Gasteiger partial charge is 0.358 e. The summed E-state index contributed by atoms with van der Waals surface area (Å²) in [5, 5.41) is 2.72. The molecule has 0 atom stereocenters. The highest BCUT2D eigenvalue weighted by molar-refractivity contribution is 5.85. The van der Waals surface area contributed by atoms with Gasteiger partial charge < -0.3 is 10.2 Å². The number of amides is 2. The van der Waals surface area contributed by atoms with Crippen LogP contribution in [-0.2, 0) is 15.1 Å². The second-order valence-electron chi connectivity index (χ2n) is 12.0. The van der Waals surface area contributed by atoms with Gasteiger partial charge in [-0.1, -0.05) is 57.5 Å². The van der Waals surface area contributed by atoms with Crippen LogP contribution in [0.1, 0.15) is 84.1 Å². The van der Waals surface area contributed by atoms with Crippen LogP contribution in [0, 0.1) is 16.7 Å². The van der Waals surface area contributed by atoms with Gasteiger partial charge in [0.1, 0.15) is 0 Å². The van der Waals surface area contributed by atoms with Gasteiger partial charge in [-0.3, -0.25) is 14.5 Å². The van der Waals surface area contributed by atoms with Crippen molar-refractivity contribution in [2.24, 2.45) is 16.7 Å². The van der Waals surface area contributed by atoms with E-state index in [1.54, 1.807) is 7.05 Å². The molecule has 2 amide bonds. The topological polar surface area (TPSA) is 52.7 Å². The van der Waals surface area contributed by atoms with E-state index >= 15 is 0 Å². The van der Waals surface area contributed by atoms with Crippen LogP contribution in [0.4, 0.5) is 0 Å². The number of likely N-dealkylation sites (N-methyl/N-ethyl adjacent to an activating group) is 1. The molecular weight excluding hydrogens is 422 g/mol. The van der Waals surface area contributed by atoms with E-state index in [9.17, 15) is 9.59 Å². The lowest BCUT2D eigenvalue weighted by Gasteiger charge is -2.52. The summed E-state index contributed by atoms with van der Waals surface area (Å²) in [7, 11) is 6.06. The molecule has 0 aromatic heterocycles. The molecule has 5 nitrogen and oxygen atoms in total. The van der Waals surface area contributed by atoms with Crippen molar-refractivity contribution < 1.29 is 9.59 Å². The Kier molecular flexibility index (Phi) is 8.49. The lowest BCUT2D eigenvalue weighted by molar-refractivity contribution is -0.141. The molecule has 0 aliphatic heterocycles. The molecule has 2 saturated carbocycles. The molecule has 0 unspecified atom stereocenters. The lowest BCUT2D eigenvalue weighted by atomic mass is 9.59. The highest BCUT2D eigenvalue weighted by atomic mass is 16.2. The molecule has 0 radical (unpaired) electrons. The zero-order valence-electron chi connectivity index (χ0n) is 22.5. The summed E-state index contributed by atoms with van der Waals surface area (Å²) in [6, 6.07) is 10.9. The number of carbonyl (C=O) groups excluding carboxylic acids is 2. The SMILES string of the molecule is CNC(=O)CN(C[C@]1(CCC2(C)CCC2)CC[C@@](c2ccccc2)(N(C)C)CC1)C(=O)C(C)C. The Morgan fingerprint density at radius 3 is 2.06 bits per heavy atom. The van der Waals surface area contributed by atoms with Crippen LogP contribution < -0.4 is 5.32 Å². The van der Waals surface area contributed by atoms with Gasteiger partial charge in [-0.05, 0) is 81.9 Å². The molecule has 1 aromatic rings. The average molecular weight is 470 g/mol. The average Bonchev–Trinajstić information content (AvgIpc) is 2.81. The van der Waals surface area contributed by atoms with Crippen LogP contribution in [0.2, 0.25) is 0 Å². The molecule has 2 aliphatic carbocycles. The molecule has 190 valence electrons. The normalized spacial score (nSPS) is 26.2. The number of nitrogens with one attached hydrogen (secondary N) is 1. The number of benzene rings is 1. The summed E-state index contributed by atoms with van der Waals surface area (Å²) in [5.74, 6) is -0.109. The van der Waals surface area contributed by atoms with Gasteiger partial charge >= 0.3 is 0 Å². The third kappa shape index (κ3) is 5.84. The van der Waals surface area contributed by atoms with Crippen molar-refractivity contribution in [2.45, 2.75) is 84.1 Å². The molecule has 0 heterocycles. The van der Waals surface area contributed by atoms with E-state index in [1.807, 2.05) is 18.7 Å². The van der Waals surface area contributed by atoms with Gasteiger partial charge in [0.05, 0.1) is 6.54 Å². The van der Waals surface area contributed by atoms with Gasteiger partial charge in [0.15, 0.2) is 0 Å². The lowest BCUT2D eigenvalue weighted by Crippen LogP contribution is -2.52. The van der Waals surface area contributed by atoms with E-state index in [1.165, 1.54) is 31.2 Å². The quantitative estimate of drug-likeness (QED) is 0.512. The molecule has 34 heavy (non-hydrogen) atoms. The third-order valence-corrected chi connectivity index (χ3v) is 9.07. The van der Waals surface area contributed by atoms with Gasteiger partial charge in [0.25, 0.3) is 0 Å². The van der Waals surface area contributed by atoms with Crippen molar-refractivity contribution >= 4 is 11.8 Å². The highest BCUT2D eigenvalue weighted by Crippen LogP contribution is 2.53. The molecule has 0 saturated heterocycles. The third-order valence-electron chi connectivity index (χ3n) is 9.07. The van der Waals surface area contributed by atoms with Gasteiger partial charge in [-0.25, -0.2) is 0 Å². The summed E-state index contributed by atoms with van der Waals surface area (Å²) >= 11 is 0. The van der Waals surface area contributed by atoms with Crippen LogP contribution in [-0.4, -0.2) is 55.8 Å². The minimum Gasteiger partial charge on any atom is -0.358 e. The van der Waals surface area contributed by atoms with Crippen LogP contribution in [0.15, 0.2) is 30.3 Å². The van der Waals surface area contributed by atoms with Gasteiger partial charge in [0, 0.05) is 25.0 Å². The molecule has 2 fully saturated rings. The molecule has 2 aliphatic rings. The smallest absolute Gasteiger partial charge is 0.239 e. The summed E-state index contributed by atoms with van der Waals surface area (Å²) in [6.45, 7) is 7.15. The van der Waals surface area contributed by atoms with E-state index in [0.717, 1.165) is 32.1 Å². The minimum atomic E-state index is -0.111. The summed E-state index contributed by atoms with van der Waals surface area (Å²) < 4.78 is 0. The molecule has 5 heteroatoms. The first kappa shape index (κ1) is 26.7. The summed E-state index contributed by atoms with van der Waals surface area (Å²) in [4.78, 5) is 29.8. The Morgan fingerprint density at radius 2 is 1.59 bits per heavy atom. The van der Waals surface area contributed by atoms with Crippen LogP contribution in [0.3, 0.4) is 0 Å². The highest BCUT2D eigenvalue weighted by Gasteiger charge is 2.47. The van der Waals surface area contributed by atoms with Crippen molar-refractivity contribution in [2.75, 3.05) is 34.2 Å². The first-order chi connectivity index (χ1) is 16.0. The first-order valence-corrected chi connectivity index (χ1v) is 13.3. The van der Waals surface area contributed by atoms with E-state index < -0.39 is 0 Å². The molecule has 0 bridgehead atoms. The Balaban J connectivity index is 1.87. The summed E-state index contributed by atoms with van der Waals surface area (Å²) in [5.41, 5.74) is 1.93. The fourth-order valence-corrected chi connectivity index (χ4v) is 6.25. The zero-order valence-corrected chi connectivity index (χ0v) is 22.5. The standard InChI is InChI=1S/C29H47N3O2/c1-23(2)26(34)32(21-25(33)30-4)22-28(16-15-27(3)13-10-14-27)17-19-29(20-18-28,31(5)6)24-11-8-7-9-12-24/h7-9,11-12,23H,10,13-22H2,1-6H3,(H,30,33)/t28-,29-. The Morgan fingerprint density at radius 1 is 0.971 bits per heavy atom. The van der Waals surface area contributed by atoms with Crippen molar-refractivity contribution in [1.29, 1.82) is 0 Å². The molecular formula is C29H47N3O2. The van der Waals surface area contributed by atoms with Crippen molar-refractivity contribution in [3.8, 4) is 0 Å².